The summed E-state index contributed by atoms with van der Waals surface area (Å²) >= 11 is 1.77. The van der Waals surface area contributed by atoms with Crippen molar-refractivity contribution in [3.63, 3.8) is 0 Å². The van der Waals surface area contributed by atoms with Gasteiger partial charge in [0.15, 0.2) is 7.17 Å². The van der Waals surface area contributed by atoms with Crippen molar-refractivity contribution in [2.75, 3.05) is 5.75 Å². The molecule has 0 bridgehead atoms. The molecule has 0 aliphatic rings. The van der Waals surface area contributed by atoms with E-state index in [0.29, 0.717) is 16.7 Å². The Labute approximate surface area is 75.2 Å². The first-order chi connectivity index (χ1) is 5.20. The molecule has 1 unspecified atom stereocenters. The van der Waals surface area contributed by atoms with Crippen molar-refractivity contribution in [1.82, 2.24) is 0 Å². The van der Waals surface area contributed by atoms with Gasteiger partial charge in [-0.05, 0) is 6.42 Å². The molecule has 0 amide bonds. The van der Waals surface area contributed by atoms with E-state index in [-0.39, 0.29) is 0 Å². The largest absolute Gasteiger partial charge is 0.311 e. The van der Waals surface area contributed by atoms with E-state index < -0.39 is 0 Å². The third-order valence-electron chi connectivity index (χ3n) is 1.63. The lowest BCUT2D eigenvalue weighted by molar-refractivity contribution is -0.109. The van der Waals surface area contributed by atoms with E-state index in [1.54, 1.807) is 11.8 Å². The van der Waals surface area contributed by atoms with E-state index >= 15 is 0 Å². The Kier molecular flexibility index (Phi) is 6.93. The van der Waals surface area contributed by atoms with Gasteiger partial charge in [0, 0.05) is 11.0 Å². The van der Waals surface area contributed by atoms with Gasteiger partial charge in [-0.2, -0.15) is 11.8 Å². The van der Waals surface area contributed by atoms with Gasteiger partial charge < -0.3 is 4.79 Å². The zero-order valence-corrected chi connectivity index (χ0v) is 8.54. The summed E-state index contributed by atoms with van der Waals surface area (Å²) in [6, 6.07) is 0. The van der Waals surface area contributed by atoms with Crippen LogP contribution in [0.25, 0.3) is 0 Å². The highest BCUT2D eigenvalue weighted by molar-refractivity contribution is 8.00. The molecule has 0 N–H and O–H groups in total. The van der Waals surface area contributed by atoms with Crippen molar-refractivity contribution in [1.29, 1.82) is 0 Å². The molecule has 0 saturated carbocycles. The van der Waals surface area contributed by atoms with Crippen molar-refractivity contribution in [2.24, 2.45) is 0 Å². The van der Waals surface area contributed by atoms with E-state index in [1.807, 2.05) is 6.82 Å². The Morgan fingerprint density at radius 2 is 2.27 bits per heavy atom. The molecule has 0 radical (unpaired) electrons. The van der Waals surface area contributed by atoms with Gasteiger partial charge in [-0.25, -0.2) is 0 Å². The third kappa shape index (κ3) is 6.54. The second-order valence-corrected chi connectivity index (χ2v) is 4.25. The van der Waals surface area contributed by atoms with Crippen molar-refractivity contribution >= 4 is 31.8 Å². The van der Waals surface area contributed by atoms with Crippen molar-refractivity contribution < 1.29 is 4.79 Å². The van der Waals surface area contributed by atoms with E-state index in [1.165, 1.54) is 0 Å². The zero-order chi connectivity index (χ0) is 8.69. The van der Waals surface area contributed by atoms with Crippen LogP contribution >= 0.6 is 11.8 Å². The fourth-order valence-corrected chi connectivity index (χ4v) is 1.55. The molecule has 62 valence electrons. The minimum absolute atomic E-state index is 0.401. The van der Waals surface area contributed by atoms with Crippen LogP contribution in [0, 0.1) is 0 Å². The van der Waals surface area contributed by atoms with Crippen LogP contribution in [0.3, 0.4) is 0 Å². The number of thioether (sulfide) groups is 1. The number of rotatable bonds is 6. The molecule has 0 aromatic heterocycles. The molecule has 0 aliphatic heterocycles. The first-order valence-electron chi connectivity index (χ1n) is 4.34. The molecule has 0 fully saturated rings. The predicted octanol–water partition coefficient (Wildman–Crippen LogP) is 0.881. The highest BCUT2D eigenvalue weighted by Gasteiger charge is 2.05. The van der Waals surface area contributed by atoms with Crippen molar-refractivity contribution in [3.8, 4) is 0 Å². The lowest BCUT2D eigenvalue weighted by Crippen LogP contribution is -2.17. The Morgan fingerprint density at radius 1 is 1.64 bits per heavy atom. The van der Waals surface area contributed by atoms with Crippen LogP contribution < -0.4 is 0 Å². The van der Waals surface area contributed by atoms with Gasteiger partial charge >= 0.3 is 0 Å². The second-order valence-electron chi connectivity index (χ2n) is 2.82. The zero-order valence-electron chi connectivity index (χ0n) is 7.72. The summed E-state index contributed by atoms with van der Waals surface area (Å²) in [5.74, 6) is 0.711. The maximum absolute atomic E-state index is 11.0. The first-order valence-corrected chi connectivity index (χ1v) is 5.38. The van der Waals surface area contributed by atoms with Crippen LogP contribution in [0.2, 0.25) is 6.82 Å². The molecular weight excluding hydrogens is 154 g/mol. The lowest BCUT2D eigenvalue weighted by atomic mass is 9.39. The molecular formula is C7H16B2OS. The Hall–Kier alpha value is 0.150. The topological polar surface area (TPSA) is 17.1 Å². The van der Waals surface area contributed by atoms with Crippen LogP contribution in [-0.2, 0) is 4.79 Å². The van der Waals surface area contributed by atoms with Gasteiger partial charge in [-0.3, -0.25) is 0 Å². The van der Waals surface area contributed by atoms with Crippen LogP contribution in [0.15, 0.2) is 0 Å². The molecule has 0 heterocycles. The smallest absolute Gasteiger partial charge is 0.170 e. The minimum atomic E-state index is 0.401. The van der Waals surface area contributed by atoms with Crippen molar-refractivity contribution in [2.45, 2.75) is 32.3 Å². The normalized spacial score (nSPS) is 12.3. The van der Waals surface area contributed by atoms with Gasteiger partial charge in [0.1, 0.15) is 0 Å². The predicted molar refractivity (Wildman–Crippen MR) is 57.4 cm³/mol. The molecule has 11 heavy (non-hydrogen) atoms. The molecule has 1 nitrogen and oxygen atoms in total. The molecule has 0 saturated heterocycles. The second kappa shape index (κ2) is 6.84. The Balaban J connectivity index is 3.30. The Bertz CT molecular complexity index is 119. The molecule has 0 aliphatic carbocycles. The number of carbonyl (C=O) groups is 1. The van der Waals surface area contributed by atoms with Crippen LogP contribution in [0.5, 0.6) is 0 Å². The van der Waals surface area contributed by atoms with Crippen LogP contribution in [-0.4, -0.2) is 31.0 Å². The summed E-state index contributed by atoms with van der Waals surface area (Å²) in [6.07, 6.45) is 1.16. The third-order valence-corrected chi connectivity index (χ3v) is 3.02. The maximum Gasteiger partial charge on any atom is 0.170 e. The van der Waals surface area contributed by atoms with Crippen molar-refractivity contribution in [3.05, 3.63) is 0 Å². The summed E-state index contributed by atoms with van der Waals surface area (Å²) in [7, 11) is 1.74. The number of hydrogen-bond acceptors (Lipinski definition) is 2. The maximum atomic E-state index is 11.0. The quantitative estimate of drug-likeness (QED) is 0.550. The highest BCUT2D eigenvalue weighted by Crippen LogP contribution is 2.12. The SMILES string of the molecule is CBBC(=O)CSC(C)CC. The first kappa shape index (κ1) is 11.1. The van der Waals surface area contributed by atoms with Gasteiger partial charge in [0.05, 0.1) is 12.9 Å². The van der Waals surface area contributed by atoms with E-state index in [0.717, 1.165) is 20.8 Å². The van der Waals surface area contributed by atoms with E-state index in [9.17, 15) is 4.79 Å². The molecule has 0 aromatic rings. The van der Waals surface area contributed by atoms with Gasteiger partial charge in [-0.15, -0.1) is 0 Å². The average Bonchev–Trinajstić information content (AvgIpc) is 2.01. The summed E-state index contributed by atoms with van der Waals surface area (Å²) in [5.41, 5.74) is 0.401. The average molecular weight is 170 g/mol. The number of hydrogen-bond donors (Lipinski definition) is 0. The summed E-state index contributed by atoms with van der Waals surface area (Å²) < 4.78 is 0. The standard InChI is InChI=1S/C7H16B2OS/c1-4-6(2)11-5-7(10)9-8-3/h6,8-9H,4-5H2,1-3H3. The minimum Gasteiger partial charge on any atom is -0.311 e. The fourth-order valence-electron chi connectivity index (χ4n) is 0.704. The monoisotopic (exact) mass is 170 g/mol. The Morgan fingerprint density at radius 3 is 2.73 bits per heavy atom. The van der Waals surface area contributed by atoms with Gasteiger partial charge in [-0.1, -0.05) is 20.7 Å². The molecule has 0 aromatic carbocycles. The van der Waals surface area contributed by atoms with E-state index in [2.05, 4.69) is 13.8 Å². The van der Waals surface area contributed by atoms with Gasteiger partial charge in [0.2, 0.25) is 0 Å². The molecule has 4 heteroatoms. The summed E-state index contributed by atoms with van der Waals surface area (Å²) in [5, 5.41) is 0.635. The lowest BCUT2D eigenvalue weighted by Gasteiger charge is -2.05. The highest BCUT2D eigenvalue weighted by atomic mass is 32.2. The van der Waals surface area contributed by atoms with E-state index in [4.69, 9.17) is 0 Å². The van der Waals surface area contributed by atoms with Crippen LogP contribution in [0.1, 0.15) is 20.3 Å². The molecule has 1 atom stereocenters. The van der Waals surface area contributed by atoms with Gasteiger partial charge in [0.25, 0.3) is 0 Å². The fraction of sp³-hybridized carbons (Fsp3) is 0.857. The number of carbonyl (C=O) groups excluding carboxylic acids is 1. The summed E-state index contributed by atoms with van der Waals surface area (Å²) in [4.78, 5) is 11.0. The molecule has 0 spiro atoms. The molecule has 0 rings (SSSR count). The van der Waals surface area contributed by atoms with Crippen LogP contribution in [0.4, 0.5) is 0 Å². The summed E-state index contributed by atoms with van der Waals surface area (Å²) in [6.45, 7) is 6.37.